The van der Waals surface area contributed by atoms with Crippen LogP contribution in [0.3, 0.4) is 0 Å². The van der Waals surface area contributed by atoms with Crippen molar-refractivity contribution < 1.29 is 14.4 Å². The zero-order chi connectivity index (χ0) is 16.2. The van der Waals surface area contributed by atoms with Crippen LogP contribution >= 0.6 is 0 Å². The van der Waals surface area contributed by atoms with Gasteiger partial charge in [-0.25, -0.2) is 0 Å². The lowest BCUT2D eigenvalue weighted by atomic mass is 10.1. The van der Waals surface area contributed by atoms with E-state index in [-0.39, 0.29) is 24.3 Å². The van der Waals surface area contributed by atoms with E-state index in [0.29, 0.717) is 18.0 Å². The Balaban J connectivity index is 1.58. The van der Waals surface area contributed by atoms with E-state index in [9.17, 15) is 9.90 Å². The minimum absolute atomic E-state index is 0.00277. The first-order valence-electron chi connectivity index (χ1n) is 8.06. The number of carbonyl (C=O) groups excluding carboxylic acids is 1. The van der Waals surface area contributed by atoms with Gasteiger partial charge in [0.2, 0.25) is 5.91 Å². The van der Waals surface area contributed by atoms with Crippen LogP contribution in [0.1, 0.15) is 25.0 Å². The van der Waals surface area contributed by atoms with Gasteiger partial charge in [0.1, 0.15) is 0 Å². The molecule has 1 N–H and O–H groups in total. The van der Waals surface area contributed by atoms with Crippen molar-refractivity contribution in [3.8, 4) is 11.3 Å². The Labute approximate surface area is 135 Å². The zero-order valence-electron chi connectivity index (χ0n) is 13.3. The molecule has 1 fully saturated rings. The molecule has 2 unspecified atom stereocenters. The minimum atomic E-state index is -0.276. The Bertz CT molecular complexity index is 653. The molecule has 0 spiro atoms. The maximum Gasteiger partial charge on any atom is 0.228 e. The van der Waals surface area contributed by atoms with Crippen LogP contribution in [0.2, 0.25) is 0 Å². The van der Waals surface area contributed by atoms with Crippen LogP contribution in [-0.4, -0.2) is 40.8 Å². The van der Waals surface area contributed by atoms with E-state index in [1.165, 1.54) is 0 Å². The molecule has 0 bridgehead atoms. The smallest absolute Gasteiger partial charge is 0.228 e. The highest BCUT2D eigenvalue weighted by molar-refractivity contribution is 5.78. The summed E-state index contributed by atoms with van der Waals surface area (Å²) in [4.78, 5) is 14.0. The quantitative estimate of drug-likeness (QED) is 0.921. The number of amides is 1. The molecular weight excluding hydrogens is 292 g/mol. The zero-order valence-corrected chi connectivity index (χ0v) is 13.3. The number of rotatable bonds is 5. The summed E-state index contributed by atoms with van der Waals surface area (Å²) < 4.78 is 5.32. The molecule has 2 atom stereocenters. The number of aromatic nitrogens is 1. The van der Waals surface area contributed by atoms with Gasteiger partial charge in [-0.15, -0.1) is 0 Å². The predicted octanol–water partition coefficient (Wildman–Crippen LogP) is 2.50. The number of likely N-dealkylation sites (N-methyl/N-ethyl adjacent to an activating group) is 1. The Hall–Kier alpha value is -2.14. The highest BCUT2D eigenvalue weighted by Crippen LogP contribution is 2.26. The van der Waals surface area contributed by atoms with Gasteiger partial charge in [-0.3, -0.25) is 4.79 Å². The van der Waals surface area contributed by atoms with E-state index in [1.807, 2.05) is 36.4 Å². The third-order valence-corrected chi connectivity index (χ3v) is 4.50. The van der Waals surface area contributed by atoms with E-state index in [0.717, 1.165) is 24.8 Å². The summed E-state index contributed by atoms with van der Waals surface area (Å²) in [5.41, 5.74) is 1.58. The maximum absolute atomic E-state index is 12.3. The Kier molecular flexibility index (Phi) is 4.76. The summed E-state index contributed by atoms with van der Waals surface area (Å²) in [5.74, 6) is 0.861. The van der Waals surface area contributed by atoms with Crippen LogP contribution in [0.25, 0.3) is 11.3 Å². The highest BCUT2D eigenvalue weighted by Gasteiger charge is 2.27. The van der Waals surface area contributed by atoms with Crippen LogP contribution < -0.4 is 0 Å². The number of nitrogens with zero attached hydrogens (tertiary/aromatic N) is 2. The van der Waals surface area contributed by atoms with Gasteiger partial charge in [-0.2, -0.15) is 0 Å². The third-order valence-electron chi connectivity index (χ3n) is 4.50. The average Bonchev–Trinajstić information content (AvgIpc) is 3.18. The van der Waals surface area contributed by atoms with E-state index >= 15 is 0 Å². The van der Waals surface area contributed by atoms with Crippen molar-refractivity contribution in [1.29, 1.82) is 0 Å². The third kappa shape index (κ3) is 3.79. The molecule has 5 heteroatoms. The van der Waals surface area contributed by atoms with Crippen molar-refractivity contribution in [3.63, 3.8) is 0 Å². The maximum atomic E-state index is 12.3. The molecule has 3 rings (SSSR count). The van der Waals surface area contributed by atoms with Gasteiger partial charge in [-0.1, -0.05) is 41.9 Å². The van der Waals surface area contributed by atoms with Crippen LogP contribution in [0, 0.1) is 5.92 Å². The van der Waals surface area contributed by atoms with E-state index in [1.54, 1.807) is 11.9 Å². The fourth-order valence-electron chi connectivity index (χ4n) is 3.11. The molecule has 1 aromatic heterocycles. The monoisotopic (exact) mass is 314 g/mol. The first-order valence-corrected chi connectivity index (χ1v) is 8.06. The molecule has 1 aromatic carbocycles. The number of hydrogen-bond acceptors (Lipinski definition) is 4. The number of hydrogen-bond donors (Lipinski definition) is 1. The van der Waals surface area contributed by atoms with Crippen LogP contribution in [0.4, 0.5) is 0 Å². The van der Waals surface area contributed by atoms with Gasteiger partial charge in [0, 0.05) is 31.1 Å². The molecule has 23 heavy (non-hydrogen) atoms. The molecule has 2 aromatic rings. The Morgan fingerprint density at radius 2 is 2.13 bits per heavy atom. The van der Waals surface area contributed by atoms with Crippen molar-refractivity contribution in [2.45, 2.75) is 31.8 Å². The van der Waals surface area contributed by atoms with Gasteiger partial charge < -0.3 is 14.5 Å². The number of carbonyl (C=O) groups is 1. The van der Waals surface area contributed by atoms with Crippen molar-refractivity contribution in [2.75, 3.05) is 13.6 Å². The number of aliphatic hydroxyl groups is 1. The molecular formula is C18H22N2O3. The van der Waals surface area contributed by atoms with Crippen LogP contribution in [0.5, 0.6) is 0 Å². The summed E-state index contributed by atoms with van der Waals surface area (Å²) in [6.07, 6.45) is 2.81. The number of aliphatic hydroxyl groups excluding tert-OH is 1. The number of benzene rings is 1. The SMILES string of the molecule is CN(CC1CCCC1O)C(=O)Cc1cc(-c2ccccc2)on1. The van der Waals surface area contributed by atoms with Crippen molar-refractivity contribution in [1.82, 2.24) is 10.1 Å². The van der Waals surface area contributed by atoms with Crippen molar-refractivity contribution in [3.05, 3.63) is 42.1 Å². The van der Waals surface area contributed by atoms with Gasteiger partial charge in [0.15, 0.2) is 5.76 Å². The van der Waals surface area contributed by atoms with Crippen molar-refractivity contribution >= 4 is 5.91 Å². The topological polar surface area (TPSA) is 66.6 Å². The molecule has 122 valence electrons. The predicted molar refractivity (Wildman–Crippen MR) is 86.6 cm³/mol. The lowest BCUT2D eigenvalue weighted by Crippen LogP contribution is -2.35. The average molecular weight is 314 g/mol. The highest BCUT2D eigenvalue weighted by atomic mass is 16.5. The largest absolute Gasteiger partial charge is 0.393 e. The van der Waals surface area contributed by atoms with Crippen LogP contribution in [-0.2, 0) is 11.2 Å². The van der Waals surface area contributed by atoms with Gasteiger partial charge in [-0.05, 0) is 12.8 Å². The molecule has 1 aliphatic carbocycles. The minimum Gasteiger partial charge on any atom is -0.393 e. The standard InChI is InChI=1S/C18H22N2O3/c1-20(12-14-8-5-9-16(14)21)18(22)11-15-10-17(23-19-15)13-6-3-2-4-7-13/h2-4,6-7,10,14,16,21H,5,8-9,11-12H2,1H3. The lowest BCUT2D eigenvalue weighted by Gasteiger charge is -2.23. The van der Waals surface area contributed by atoms with E-state index in [4.69, 9.17) is 4.52 Å². The summed E-state index contributed by atoms with van der Waals surface area (Å²) in [6.45, 7) is 0.601. The van der Waals surface area contributed by atoms with Gasteiger partial charge in [0.25, 0.3) is 0 Å². The van der Waals surface area contributed by atoms with Gasteiger partial charge >= 0.3 is 0 Å². The molecule has 1 heterocycles. The fourth-order valence-corrected chi connectivity index (χ4v) is 3.11. The summed E-state index contributed by atoms with van der Waals surface area (Å²) in [5, 5.41) is 13.9. The second-order valence-electron chi connectivity index (χ2n) is 6.26. The normalized spacial score (nSPS) is 20.6. The van der Waals surface area contributed by atoms with Crippen LogP contribution in [0.15, 0.2) is 40.9 Å². The fraction of sp³-hybridized carbons (Fsp3) is 0.444. The van der Waals surface area contributed by atoms with Crippen molar-refractivity contribution in [2.24, 2.45) is 5.92 Å². The van der Waals surface area contributed by atoms with Gasteiger partial charge in [0.05, 0.1) is 18.2 Å². The summed E-state index contributed by atoms with van der Waals surface area (Å²) in [7, 11) is 1.78. The summed E-state index contributed by atoms with van der Waals surface area (Å²) in [6, 6.07) is 11.5. The summed E-state index contributed by atoms with van der Waals surface area (Å²) >= 11 is 0. The molecule has 0 radical (unpaired) electrons. The molecule has 1 aliphatic rings. The Morgan fingerprint density at radius 3 is 2.83 bits per heavy atom. The molecule has 1 amide bonds. The second-order valence-corrected chi connectivity index (χ2v) is 6.26. The lowest BCUT2D eigenvalue weighted by molar-refractivity contribution is -0.130. The molecule has 0 saturated heterocycles. The molecule has 1 saturated carbocycles. The molecule has 0 aliphatic heterocycles. The van der Waals surface area contributed by atoms with E-state index in [2.05, 4.69) is 5.16 Å². The van der Waals surface area contributed by atoms with E-state index < -0.39 is 0 Å². The Morgan fingerprint density at radius 1 is 1.35 bits per heavy atom. The first-order chi connectivity index (χ1) is 11.1. The second kappa shape index (κ2) is 6.96. The molecule has 5 nitrogen and oxygen atoms in total. The first kappa shape index (κ1) is 15.7.